The van der Waals surface area contributed by atoms with Crippen molar-refractivity contribution in [3.63, 3.8) is 0 Å². The fraction of sp³-hybridized carbons (Fsp3) is 0.571. The molecule has 110 valence electrons. The second kappa shape index (κ2) is 6.90. The monoisotopic (exact) mass is 296 g/mol. The summed E-state index contributed by atoms with van der Waals surface area (Å²) in [5.41, 5.74) is 0.814. The molecule has 1 atom stereocenters. The summed E-state index contributed by atoms with van der Waals surface area (Å²) in [5.74, 6) is 0.896. The fourth-order valence-corrected chi connectivity index (χ4v) is 2.35. The topological polar surface area (TPSA) is 57.3 Å². The summed E-state index contributed by atoms with van der Waals surface area (Å²) in [7, 11) is 0. The van der Waals surface area contributed by atoms with Crippen LogP contribution in [0.25, 0.3) is 0 Å². The molecule has 6 heteroatoms. The molecule has 1 unspecified atom stereocenters. The molecule has 0 radical (unpaired) electrons. The standard InChI is InChI=1S/C14H21ClN4O/c1-3-6-16-13-5-4-11(15)12(18-13)9-19-8-7-17-14(20)10(19)2/h4-5,10H,3,6-9H2,1-2H3,(H,16,18)(H,17,20). The molecule has 1 aromatic heterocycles. The van der Waals surface area contributed by atoms with E-state index in [4.69, 9.17) is 11.6 Å². The van der Waals surface area contributed by atoms with Crippen molar-refractivity contribution in [2.75, 3.05) is 25.0 Å². The van der Waals surface area contributed by atoms with E-state index in [1.54, 1.807) is 0 Å². The van der Waals surface area contributed by atoms with Crippen molar-refractivity contribution in [3.8, 4) is 0 Å². The van der Waals surface area contributed by atoms with Gasteiger partial charge in [-0.05, 0) is 25.5 Å². The van der Waals surface area contributed by atoms with Crippen LogP contribution in [0, 0.1) is 0 Å². The summed E-state index contributed by atoms with van der Waals surface area (Å²) in [4.78, 5) is 18.3. The molecular weight excluding hydrogens is 276 g/mol. The van der Waals surface area contributed by atoms with Crippen LogP contribution in [-0.2, 0) is 11.3 Å². The summed E-state index contributed by atoms with van der Waals surface area (Å²) in [6, 6.07) is 3.60. The minimum absolute atomic E-state index is 0.0626. The van der Waals surface area contributed by atoms with Crippen molar-refractivity contribution in [3.05, 3.63) is 22.8 Å². The van der Waals surface area contributed by atoms with Crippen LogP contribution in [0.4, 0.5) is 5.82 Å². The molecule has 1 saturated heterocycles. The Kier molecular flexibility index (Phi) is 5.20. The Morgan fingerprint density at radius 2 is 2.35 bits per heavy atom. The number of anilines is 1. The highest BCUT2D eigenvalue weighted by molar-refractivity contribution is 6.31. The number of carbonyl (C=O) groups is 1. The first-order valence-electron chi connectivity index (χ1n) is 7.03. The maximum absolute atomic E-state index is 11.7. The van der Waals surface area contributed by atoms with Gasteiger partial charge in [-0.3, -0.25) is 9.69 Å². The van der Waals surface area contributed by atoms with Crippen LogP contribution in [0.15, 0.2) is 12.1 Å². The zero-order chi connectivity index (χ0) is 14.5. The molecular formula is C14H21ClN4O. The molecule has 5 nitrogen and oxygen atoms in total. The Morgan fingerprint density at radius 3 is 3.10 bits per heavy atom. The number of pyridine rings is 1. The minimum atomic E-state index is -0.145. The normalized spacial score (nSPS) is 19.8. The molecule has 0 aliphatic carbocycles. The molecule has 0 saturated carbocycles. The van der Waals surface area contributed by atoms with Crippen molar-refractivity contribution in [2.24, 2.45) is 0 Å². The third kappa shape index (κ3) is 3.61. The minimum Gasteiger partial charge on any atom is -0.370 e. The number of amides is 1. The Labute approximate surface area is 124 Å². The number of nitrogens with zero attached hydrogens (tertiary/aromatic N) is 2. The molecule has 1 aliphatic heterocycles. The van der Waals surface area contributed by atoms with Gasteiger partial charge in [0.1, 0.15) is 5.82 Å². The Morgan fingerprint density at radius 1 is 1.55 bits per heavy atom. The number of carbonyl (C=O) groups excluding carboxylic acids is 1. The first-order chi connectivity index (χ1) is 9.61. The SMILES string of the molecule is CCCNc1ccc(Cl)c(CN2CCNC(=O)C2C)n1. The zero-order valence-electron chi connectivity index (χ0n) is 11.9. The molecule has 1 amide bonds. The van der Waals surface area contributed by atoms with Crippen LogP contribution in [0.3, 0.4) is 0 Å². The van der Waals surface area contributed by atoms with Crippen LogP contribution in [0.2, 0.25) is 5.02 Å². The molecule has 2 rings (SSSR count). The number of hydrogen-bond donors (Lipinski definition) is 2. The highest BCUT2D eigenvalue weighted by Gasteiger charge is 2.26. The van der Waals surface area contributed by atoms with Crippen molar-refractivity contribution in [1.82, 2.24) is 15.2 Å². The maximum Gasteiger partial charge on any atom is 0.237 e. The Balaban J connectivity index is 2.09. The number of aromatic nitrogens is 1. The summed E-state index contributed by atoms with van der Waals surface area (Å²) in [6.45, 7) is 6.98. The maximum atomic E-state index is 11.7. The molecule has 1 aliphatic rings. The van der Waals surface area contributed by atoms with Gasteiger partial charge in [-0.25, -0.2) is 4.98 Å². The fourth-order valence-electron chi connectivity index (χ4n) is 2.19. The van der Waals surface area contributed by atoms with E-state index in [-0.39, 0.29) is 11.9 Å². The van der Waals surface area contributed by atoms with Gasteiger partial charge in [0.05, 0.1) is 16.8 Å². The predicted molar refractivity (Wildman–Crippen MR) is 80.9 cm³/mol. The lowest BCUT2D eigenvalue weighted by Crippen LogP contribution is -2.53. The van der Waals surface area contributed by atoms with Crippen LogP contribution >= 0.6 is 11.6 Å². The van der Waals surface area contributed by atoms with Gasteiger partial charge < -0.3 is 10.6 Å². The first-order valence-corrected chi connectivity index (χ1v) is 7.40. The van der Waals surface area contributed by atoms with Gasteiger partial charge in [0, 0.05) is 26.2 Å². The van der Waals surface area contributed by atoms with Gasteiger partial charge in [-0.15, -0.1) is 0 Å². The summed E-state index contributed by atoms with van der Waals surface area (Å²) in [5, 5.41) is 6.75. The second-order valence-corrected chi connectivity index (χ2v) is 5.40. The largest absolute Gasteiger partial charge is 0.370 e. The lowest BCUT2D eigenvalue weighted by molar-refractivity contribution is -0.128. The quantitative estimate of drug-likeness (QED) is 0.871. The molecule has 2 N–H and O–H groups in total. The third-order valence-electron chi connectivity index (χ3n) is 3.45. The highest BCUT2D eigenvalue weighted by atomic mass is 35.5. The molecule has 0 aromatic carbocycles. The first kappa shape index (κ1) is 15.1. The zero-order valence-corrected chi connectivity index (χ0v) is 12.7. The van der Waals surface area contributed by atoms with E-state index in [0.717, 1.165) is 31.0 Å². The van der Waals surface area contributed by atoms with E-state index >= 15 is 0 Å². The van der Waals surface area contributed by atoms with E-state index in [0.29, 0.717) is 18.1 Å². The number of nitrogens with one attached hydrogen (secondary N) is 2. The van der Waals surface area contributed by atoms with E-state index < -0.39 is 0 Å². The number of halogens is 1. The lowest BCUT2D eigenvalue weighted by Gasteiger charge is -2.32. The second-order valence-electron chi connectivity index (χ2n) is 4.99. The highest BCUT2D eigenvalue weighted by Crippen LogP contribution is 2.20. The molecule has 20 heavy (non-hydrogen) atoms. The van der Waals surface area contributed by atoms with Crippen molar-refractivity contribution < 1.29 is 4.79 Å². The van der Waals surface area contributed by atoms with Gasteiger partial charge in [0.2, 0.25) is 5.91 Å². The van der Waals surface area contributed by atoms with Crippen LogP contribution in [0.5, 0.6) is 0 Å². The van der Waals surface area contributed by atoms with Gasteiger partial charge in [-0.2, -0.15) is 0 Å². The average molecular weight is 297 g/mol. The van der Waals surface area contributed by atoms with E-state index in [2.05, 4.69) is 27.4 Å². The number of hydrogen-bond acceptors (Lipinski definition) is 4. The van der Waals surface area contributed by atoms with Gasteiger partial charge in [0.15, 0.2) is 0 Å². The van der Waals surface area contributed by atoms with Crippen molar-refractivity contribution >= 4 is 23.3 Å². The molecule has 1 aromatic rings. The van der Waals surface area contributed by atoms with E-state index in [1.165, 1.54) is 0 Å². The van der Waals surface area contributed by atoms with Gasteiger partial charge >= 0.3 is 0 Å². The molecule has 0 bridgehead atoms. The van der Waals surface area contributed by atoms with Crippen LogP contribution in [-0.4, -0.2) is 41.5 Å². The van der Waals surface area contributed by atoms with Gasteiger partial charge in [-0.1, -0.05) is 18.5 Å². The van der Waals surface area contributed by atoms with Crippen molar-refractivity contribution in [2.45, 2.75) is 32.9 Å². The Bertz CT molecular complexity index is 480. The third-order valence-corrected chi connectivity index (χ3v) is 3.80. The predicted octanol–water partition coefficient (Wildman–Crippen LogP) is 1.88. The van der Waals surface area contributed by atoms with E-state index in [1.807, 2.05) is 19.1 Å². The average Bonchev–Trinajstić information content (AvgIpc) is 2.44. The summed E-state index contributed by atoms with van der Waals surface area (Å²) < 4.78 is 0. The van der Waals surface area contributed by atoms with Crippen LogP contribution in [0.1, 0.15) is 26.0 Å². The summed E-state index contributed by atoms with van der Waals surface area (Å²) in [6.07, 6.45) is 1.04. The molecule has 0 spiro atoms. The summed E-state index contributed by atoms with van der Waals surface area (Å²) >= 11 is 6.22. The van der Waals surface area contributed by atoms with E-state index in [9.17, 15) is 4.79 Å². The smallest absolute Gasteiger partial charge is 0.237 e. The number of piperazine rings is 1. The molecule has 1 fully saturated rings. The number of rotatable bonds is 5. The molecule has 2 heterocycles. The lowest BCUT2D eigenvalue weighted by atomic mass is 10.2. The van der Waals surface area contributed by atoms with Crippen LogP contribution < -0.4 is 10.6 Å². The van der Waals surface area contributed by atoms with Crippen molar-refractivity contribution in [1.29, 1.82) is 0 Å². The van der Waals surface area contributed by atoms with Gasteiger partial charge in [0.25, 0.3) is 0 Å². The Hall–Kier alpha value is -1.33.